The summed E-state index contributed by atoms with van der Waals surface area (Å²) in [4.78, 5) is 12.7. The Balaban J connectivity index is 1.48. The number of methoxy groups -OCH3 is 1. The molecule has 1 aliphatic heterocycles. The first-order chi connectivity index (χ1) is 14.9. The Hall–Kier alpha value is -3.17. The molecule has 1 aliphatic rings. The van der Waals surface area contributed by atoms with Gasteiger partial charge < -0.3 is 24.6 Å². The summed E-state index contributed by atoms with van der Waals surface area (Å²) in [5.41, 5.74) is 1.94. The molecule has 1 N–H and O–H groups in total. The minimum atomic E-state index is -4.38. The van der Waals surface area contributed by atoms with Crippen molar-refractivity contribution in [3.63, 3.8) is 0 Å². The Labute approximate surface area is 179 Å². The fraction of sp³-hybridized carbons (Fsp3) is 0.429. The summed E-state index contributed by atoms with van der Waals surface area (Å²) in [5.74, 6) is 1.54. The van der Waals surface area contributed by atoms with Crippen molar-refractivity contribution in [2.24, 2.45) is 4.99 Å². The van der Waals surface area contributed by atoms with Crippen LogP contribution in [0.1, 0.15) is 5.56 Å². The second kappa shape index (κ2) is 10.2. The predicted molar refractivity (Wildman–Crippen MR) is 113 cm³/mol. The molecule has 2 aromatic rings. The minimum Gasteiger partial charge on any atom is -0.497 e. The second-order valence-electron chi connectivity index (χ2n) is 6.98. The van der Waals surface area contributed by atoms with E-state index in [9.17, 15) is 13.2 Å². The Bertz CT molecular complexity index is 866. The predicted octanol–water partition coefficient (Wildman–Crippen LogP) is 2.93. The maximum atomic E-state index is 12.2. The van der Waals surface area contributed by atoms with Gasteiger partial charge in [0.05, 0.1) is 7.11 Å². The molecule has 3 rings (SSSR count). The molecule has 1 aromatic heterocycles. The number of guanidine groups is 1. The summed E-state index contributed by atoms with van der Waals surface area (Å²) in [5, 5.41) is 3.28. The van der Waals surface area contributed by atoms with Crippen LogP contribution in [0.4, 0.5) is 18.9 Å². The van der Waals surface area contributed by atoms with Gasteiger partial charge in [-0.1, -0.05) is 12.1 Å². The number of rotatable bonds is 6. The first kappa shape index (κ1) is 22.5. The average molecular weight is 437 g/mol. The van der Waals surface area contributed by atoms with E-state index in [0.717, 1.165) is 49.1 Å². The van der Waals surface area contributed by atoms with Crippen LogP contribution in [0, 0.1) is 0 Å². The molecule has 0 amide bonds. The van der Waals surface area contributed by atoms with Gasteiger partial charge in [-0.25, -0.2) is 4.98 Å². The lowest BCUT2D eigenvalue weighted by molar-refractivity contribution is -0.154. The van der Waals surface area contributed by atoms with Crippen molar-refractivity contribution in [2.45, 2.75) is 12.7 Å². The first-order valence-corrected chi connectivity index (χ1v) is 9.87. The molecule has 0 saturated carbocycles. The van der Waals surface area contributed by atoms with E-state index in [0.29, 0.717) is 6.54 Å². The van der Waals surface area contributed by atoms with Crippen LogP contribution in [0.15, 0.2) is 47.6 Å². The zero-order valence-corrected chi connectivity index (χ0v) is 17.5. The second-order valence-corrected chi connectivity index (χ2v) is 6.98. The van der Waals surface area contributed by atoms with E-state index in [1.54, 1.807) is 20.2 Å². The Morgan fingerprint density at radius 1 is 1.16 bits per heavy atom. The van der Waals surface area contributed by atoms with Gasteiger partial charge in [-0.3, -0.25) is 4.99 Å². The van der Waals surface area contributed by atoms with Crippen molar-refractivity contribution in [2.75, 3.05) is 51.8 Å². The lowest BCUT2D eigenvalue weighted by Crippen LogP contribution is -2.52. The summed E-state index contributed by atoms with van der Waals surface area (Å²) >= 11 is 0. The highest BCUT2D eigenvalue weighted by Gasteiger charge is 2.28. The van der Waals surface area contributed by atoms with E-state index >= 15 is 0 Å². The third kappa shape index (κ3) is 6.66. The number of aliphatic imine (C=N–C) groups is 1. The molecule has 0 aliphatic carbocycles. The molecular weight excluding hydrogens is 411 g/mol. The smallest absolute Gasteiger partial charge is 0.422 e. The maximum absolute atomic E-state index is 12.2. The molecule has 7 nitrogen and oxygen atoms in total. The standard InChI is InChI=1S/C21H26F3N5O2/c1-25-20(27-14-16-6-7-19(26-13-16)31-15-21(22,23)24)29-10-8-28(9-11-29)17-4-3-5-18(12-17)30-2/h3-7,12-13H,8-11,14-15H2,1-2H3,(H,25,27). The highest BCUT2D eigenvalue weighted by Crippen LogP contribution is 2.22. The van der Waals surface area contributed by atoms with Crippen LogP contribution in [-0.2, 0) is 6.54 Å². The Morgan fingerprint density at radius 3 is 2.55 bits per heavy atom. The van der Waals surface area contributed by atoms with Gasteiger partial charge in [0.2, 0.25) is 5.88 Å². The normalized spacial score (nSPS) is 15.1. The minimum absolute atomic E-state index is 0.0564. The molecule has 0 atom stereocenters. The lowest BCUT2D eigenvalue weighted by Gasteiger charge is -2.37. The number of alkyl halides is 3. The summed E-state index contributed by atoms with van der Waals surface area (Å²) in [6.07, 6.45) is -2.89. The SMILES string of the molecule is CN=C(NCc1ccc(OCC(F)(F)F)nc1)N1CCN(c2cccc(OC)c2)CC1. The molecular formula is C21H26F3N5O2. The van der Waals surface area contributed by atoms with Gasteiger partial charge in [-0.05, 0) is 17.7 Å². The number of nitrogens with one attached hydrogen (secondary N) is 1. The third-order valence-electron chi connectivity index (χ3n) is 4.84. The van der Waals surface area contributed by atoms with Crippen LogP contribution in [0.5, 0.6) is 11.6 Å². The van der Waals surface area contributed by atoms with Crippen molar-refractivity contribution in [1.29, 1.82) is 0 Å². The summed E-state index contributed by atoms with van der Waals surface area (Å²) in [6.45, 7) is 2.40. The van der Waals surface area contributed by atoms with Gasteiger partial charge in [0.25, 0.3) is 0 Å². The zero-order valence-electron chi connectivity index (χ0n) is 17.5. The van der Waals surface area contributed by atoms with Crippen LogP contribution in [0.25, 0.3) is 0 Å². The Kier molecular flexibility index (Phi) is 7.43. The number of benzene rings is 1. The molecule has 0 spiro atoms. The molecule has 1 fully saturated rings. The van der Waals surface area contributed by atoms with Crippen LogP contribution in [0.3, 0.4) is 0 Å². The number of piperazine rings is 1. The van der Waals surface area contributed by atoms with Crippen LogP contribution < -0.4 is 19.7 Å². The zero-order chi connectivity index (χ0) is 22.3. The van der Waals surface area contributed by atoms with Crippen LogP contribution in [-0.4, -0.2) is 69.0 Å². The third-order valence-corrected chi connectivity index (χ3v) is 4.84. The highest BCUT2D eigenvalue weighted by molar-refractivity contribution is 5.80. The molecule has 0 radical (unpaired) electrons. The number of halogens is 3. The van der Waals surface area contributed by atoms with Gasteiger partial charge in [0.15, 0.2) is 12.6 Å². The van der Waals surface area contributed by atoms with E-state index < -0.39 is 12.8 Å². The van der Waals surface area contributed by atoms with Crippen LogP contribution >= 0.6 is 0 Å². The average Bonchev–Trinajstić information content (AvgIpc) is 2.79. The van der Waals surface area contributed by atoms with Gasteiger partial charge in [-0.15, -0.1) is 0 Å². The number of pyridine rings is 1. The van der Waals surface area contributed by atoms with E-state index in [1.807, 2.05) is 18.2 Å². The lowest BCUT2D eigenvalue weighted by atomic mass is 10.2. The van der Waals surface area contributed by atoms with Crippen molar-refractivity contribution in [1.82, 2.24) is 15.2 Å². The molecule has 31 heavy (non-hydrogen) atoms. The van der Waals surface area contributed by atoms with Crippen LogP contribution in [0.2, 0.25) is 0 Å². The summed E-state index contributed by atoms with van der Waals surface area (Å²) in [7, 11) is 3.38. The highest BCUT2D eigenvalue weighted by atomic mass is 19.4. The summed E-state index contributed by atoms with van der Waals surface area (Å²) in [6, 6.07) is 11.1. The number of ether oxygens (including phenoxy) is 2. The molecule has 168 valence electrons. The molecule has 0 unspecified atom stereocenters. The number of hydrogen-bond donors (Lipinski definition) is 1. The fourth-order valence-corrected chi connectivity index (χ4v) is 3.25. The van der Waals surface area contributed by atoms with E-state index in [2.05, 4.69) is 35.9 Å². The molecule has 2 heterocycles. The first-order valence-electron chi connectivity index (χ1n) is 9.87. The molecule has 10 heteroatoms. The van der Waals surface area contributed by atoms with Crippen molar-refractivity contribution >= 4 is 11.6 Å². The number of nitrogens with zero attached hydrogens (tertiary/aromatic N) is 4. The molecule has 0 bridgehead atoms. The number of hydrogen-bond acceptors (Lipinski definition) is 5. The summed E-state index contributed by atoms with van der Waals surface area (Å²) < 4.78 is 46.6. The van der Waals surface area contributed by atoms with Crippen molar-refractivity contribution in [3.05, 3.63) is 48.2 Å². The van der Waals surface area contributed by atoms with Gasteiger partial charge in [0, 0.05) is 63.8 Å². The van der Waals surface area contributed by atoms with E-state index in [4.69, 9.17) is 4.74 Å². The van der Waals surface area contributed by atoms with E-state index in [1.165, 1.54) is 12.3 Å². The topological polar surface area (TPSA) is 62.2 Å². The largest absolute Gasteiger partial charge is 0.497 e. The van der Waals surface area contributed by atoms with Crippen molar-refractivity contribution in [3.8, 4) is 11.6 Å². The Morgan fingerprint density at radius 2 is 1.94 bits per heavy atom. The number of aromatic nitrogens is 1. The molecule has 1 aromatic carbocycles. The van der Waals surface area contributed by atoms with Crippen molar-refractivity contribution < 1.29 is 22.6 Å². The van der Waals surface area contributed by atoms with Gasteiger partial charge in [-0.2, -0.15) is 13.2 Å². The maximum Gasteiger partial charge on any atom is 0.422 e. The van der Waals surface area contributed by atoms with E-state index in [-0.39, 0.29) is 5.88 Å². The quantitative estimate of drug-likeness (QED) is 0.554. The monoisotopic (exact) mass is 437 g/mol. The van der Waals surface area contributed by atoms with Gasteiger partial charge >= 0.3 is 6.18 Å². The fourth-order valence-electron chi connectivity index (χ4n) is 3.25. The molecule has 1 saturated heterocycles. The van der Waals surface area contributed by atoms with Gasteiger partial charge in [0.1, 0.15) is 5.75 Å². The number of anilines is 1.